The molecular weight excluding hydrogens is 429 g/mol. The summed E-state index contributed by atoms with van der Waals surface area (Å²) >= 11 is 0. The molecule has 2 aromatic rings. The van der Waals surface area contributed by atoms with E-state index in [1.807, 2.05) is 26.0 Å². The number of aromatic nitrogens is 2. The lowest BCUT2D eigenvalue weighted by Crippen LogP contribution is -2.24. The molecular formula is C26H35F3N2O2. The molecule has 0 fully saturated rings. The van der Waals surface area contributed by atoms with E-state index < -0.39 is 11.7 Å². The summed E-state index contributed by atoms with van der Waals surface area (Å²) in [6.45, 7) is 11.6. The van der Waals surface area contributed by atoms with Crippen LogP contribution in [-0.2, 0) is 22.2 Å². The van der Waals surface area contributed by atoms with Crippen molar-refractivity contribution in [2.45, 2.75) is 74.4 Å². The number of hydrogen-bond acceptors (Lipinski definition) is 3. The minimum absolute atomic E-state index is 0. The molecule has 0 saturated carbocycles. The van der Waals surface area contributed by atoms with E-state index >= 15 is 0 Å². The van der Waals surface area contributed by atoms with Crippen LogP contribution in [0.4, 0.5) is 13.2 Å². The average Bonchev–Trinajstić information content (AvgIpc) is 3.33. The predicted molar refractivity (Wildman–Crippen MR) is 127 cm³/mol. The van der Waals surface area contributed by atoms with Crippen LogP contribution in [0.15, 0.2) is 36.7 Å². The maximum absolute atomic E-state index is 13.3. The Morgan fingerprint density at radius 2 is 1.82 bits per heavy atom. The molecule has 7 heteroatoms. The minimum Gasteiger partial charge on any atom is -0.306 e. The molecule has 0 N–H and O–H groups in total. The van der Waals surface area contributed by atoms with Gasteiger partial charge in [-0.15, -0.1) is 0 Å². The molecule has 0 aliphatic heterocycles. The maximum Gasteiger partial charge on any atom is 0.420 e. The quantitative estimate of drug-likeness (QED) is 0.474. The van der Waals surface area contributed by atoms with Gasteiger partial charge in [0.1, 0.15) is 17.2 Å². The number of rotatable bonds is 5. The molecule has 182 valence electrons. The van der Waals surface area contributed by atoms with Crippen LogP contribution >= 0.6 is 0 Å². The summed E-state index contributed by atoms with van der Waals surface area (Å²) in [5.74, 6) is 0.420. The molecule has 33 heavy (non-hydrogen) atoms. The van der Waals surface area contributed by atoms with E-state index in [-0.39, 0.29) is 36.6 Å². The first-order valence-corrected chi connectivity index (χ1v) is 10.7. The third-order valence-electron chi connectivity index (χ3n) is 5.57. The van der Waals surface area contributed by atoms with Crippen LogP contribution in [0.3, 0.4) is 0 Å². The van der Waals surface area contributed by atoms with E-state index in [9.17, 15) is 22.8 Å². The van der Waals surface area contributed by atoms with Crippen LogP contribution in [0.25, 0.3) is 11.2 Å². The Balaban J connectivity index is 0.000000425. The van der Waals surface area contributed by atoms with Crippen LogP contribution in [0.5, 0.6) is 0 Å². The van der Waals surface area contributed by atoms with Crippen molar-refractivity contribution in [3.8, 4) is 0 Å². The van der Waals surface area contributed by atoms with Crippen molar-refractivity contribution >= 4 is 22.8 Å². The van der Waals surface area contributed by atoms with Crippen LogP contribution in [0.1, 0.15) is 78.6 Å². The Hall–Kier alpha value is -2.70. The molecule has 0 saturated heterocycles. The second-order valence-electron chi connectivity index (χ2n) is 9.19. The van der Waals surface area contributed by atoms with E-state index in [0.29, 0.717) is 29.9 Å². The van der Waals surface area contributed by atoms with E-state index in [2.05, 4.69) is 25.8 Å². The highest BCUT2D eigenvalue weighted by Gasteiger charge is 2.35. The number of alkyl halides is 3. The van der Waals surface area contributed by atoms with Gasteiger partial charge >= 0.3 is 6.18 Å². The molecule has 4 nitrogen and oxygen atoms in total. The third-order valence-corrected chi connectivity index (χ3v) is 5.57. The van der Waals surface area contributed by atoms with Crippen molar-refractivity contribution in [1.29, 1.82) is 0 Å². The van der Waals surface area contributed by atoms with Gasteiger partial charge in [0.2, 0.25) is 0 Å². The van der Waals surface area contributed by atoms with Gasteiger partial charge < -0.3 is 4.40 Å². The number of nitrogens with zero attached hydrogens (tertiary/aromatic N) is 2. The van der Waals surface area contributed by atoms with Crippen molar-refractivity contribution in [3.63, 3.8) is 0 Å². The van der Waals surface area contributed by atoms with E-state index in [1.165, 1.54) is 17.5 Å². The predicted octanol–water partition coefficient (Wildman–Crippen LogP) is 7.11. The zero-order valence-corrected chi connectivity index (χ0v) is 19.5. The summed E-state index contributed by atoms with van der Waals surface area (Å²) in [5.41, 5.74) is 0.754. The minimum atomic E-state index is -4.50. The fourth-order valence-corrected chi connectivity index (χ4v) is 3.32. The van der Waals surface area contributed by atoms with Crippen molar-refractivity contribution in [2.24, 2.45) is 11.3 Å². The molecule has 1 aliphatic rings. The van der Waals surface area contributed by atoms with Gasteiger partial charge in [0.05, 0.1) is 11.3 Å². The lowest BCUT2D eigenvalue weighted by molar-refractivity contribution is -0.136. The third kappa shape index (κ3) is 7.41. The Labute approximate surface area is 194 Å². The summed E-state index contributed by atoms with van der Waals surface area (Å²) in [6.07, 6.45) is 5.56. The second kappa shape index (κ2) is 10.9. The van der Waals surface area contributed by atoms with Crippen molar-refractivity contribution < 1.29 is 22.8 Å². The molecule has 0 aromatic carbocycles. The second-order valence-corrected chi connectivity index (χ2v) is 9.19. The van der Waals surface area contributed by atoms with Crippen LogP contribution in [0, 0.1) is 11.3 Å². The van der Waals surface area contributed by atoms with Crippen molar-refractivity contribution in [1.82, 2.24) is 9.38 Å². The summed E-state index contributed by atoms with van der Waals surface area (Å²) in [6, 6.07) is 1.11. The number of hydrogen-bond donors (Lipinski definition) is 0. The standard InChI is InChI=1S/C16H13F3N2O.C9H18O.CH4/c1-10(22)6-13-9-21-8-12(11-4-2-3-5-11)7-14(15(21)20-13)16(17,18)19;1-6-8(10)7(2)9(3,4)5;/h2,4-5,7-9H,3,6H2,1H3;7H,6H2,1-5H3;1H4. The van der Waals surface area contributed by atoms with Gasteiger partial charge in [0, 0.05) is 31.2 Å². The van der Waals surface area contributed by atoms with E-state index in [4.69, 9.17) is 0 Å². The molecule has 0 bridgehead atoms. The normalized spacial score (nSPS) is 14.3. The summed E-state index contributed by atoms with van der Waals surface area (Å²) < 4.78 is 41.2. The highest BCUT2D eigenvalue weighted by atomic mass is 19.4. The number of fused-ring (bicyclic) bond motifs is 1. The number of ketones is 2. The lowest BCUT2D eigenvalue weighted by atomic mass is 9.79. The number of pyridine rings is 1. The summed E-state index contributed by atoms with van der Waals surface area (Å²) in [5, 5.41) is 0. The van der Waals surface area contributed by atoms with Gasteiger partial charge in [-0.3, -0.25) is 9.59 Å². The van der Waals surface area contributed by atoms with Crippen LogP contribution < -0.4 is 0 Å². The topological polar surface area (TPSA) is 51.4 Å². The summed E-state index contributed by atoms with van der Waals surface area (Å²) in [7, 11) is 0. The molecule has 2 heterocycles. The van der Waals surface area contributed by atoms with E-state index in [0.717, 1.165) is 11.6 Å². The molecule has 1 aliphatic carbocycles. The van der Waals surface area contributed by atoms with Gasteiger partial charge in [-0.2, -0.15) is 13.2 Å². The fraction of sp³-hybridized carbons (Fsp3) is 0.500. The molecule has 2 aromatic heterocycles. The number of imidazole rings is 1. The number of carbonyl (C=O) groups excluding carboxylic acids is 2. The molecule has 0 spiro atoms. The maximum atomic E-state index is 13.3. The largest absolute Gasteiger partial charge is 0.420 e. The number of Topliss-reactive ketones (excluding diaryl/α,β-unsaturated/α-hetero) is 2. The Morgan fingerprint density at radius 1 is 1.18 bits per heavy atom. The molecule has 1 atom stereocenters. The Morgan fingerprint density at radius 3 is 2.24 bits per heavy atom. The molecule has 3 rings (SSSR count). The monoisotopic (exact) mass is 464 g/mol. The number of carbonyl (C=O) groups is 2. The van der Waals surface area contributed by atoms with Crippen molar-refractivity contribution in [2.75, 3.05) is 0 Å². The average molecular weight is 465 g/mol. The fourth-order valence-electron chi connectivity index (χ4n) is 3.32. The first kappa shape index (κ1) is 28.3. The van der Waals surface area contributed by atoms with Gasteiger partial charge in [-0.25, -0.2) is 4.98 Å². The van der Waals surface area contributed by atoms with Crippen molar-refractivity contribution in [3.05, 3.63) is 53.5 Å². The molecule has 0 amide bonds. The van der Waals surface area contributed by atoms with Gasteiger partial charge in [0.15, 0.2) is 0 Å². The molecule has 1 unspecified atom stereocenters. The lowest BCUT2D eigenvalue weighted by Gasteiger charge is -2.25. The van der Waals surface area contributed by atoms with Crippen LogP contribution in [-0.4, -0.2) is 21.0 Å². The molecule has 0 radical (unpaired) electrons. The Kier molecular flexibility index (Phi) is 9.40. The zero-order chi connectivity index (χ0) is 24.3. The number of halogens is 3. The Bertz CT molecular complexity index is 1050. The highest BCUT2D eigenvalue weighted by molar-refractivity contribution is 5.81. The SMILES string of the molecule is C.CC(=O)Cc1cn2cc(C3=CCC=C3)cc(C(F)(F)F)c2n1.CCC(=O)C(C)C(C)(C)C. The van der Waals surface area contributed by atoms with E-state index in [1.54, 1.807) is 12.3 Å². The van der Waals surface area contributed by atoms with Gasteiger partial charge in [-0.1, -0.05) is 60.3 Å². The first-order valence-electron chi connectivity index (χ1n) is 10.7. The highest BCUT2D eigenvalue weighted by Crippen LogP contribution is 2.35. The first-order chi connectivity index (χ1) is 14.7. The summed E-state index contributed by atoms with van der Waals surface area (Å²) in [4.78, 5) is 26.3. The van der Waals surface area contributed by atoms with Crippen LogP contribution in [0.2, 0.25) is 0 Å². The van der Waals surface area contributed by atoms with Gasteiger partial charge in [0.25, 0.3) is 0 Å². The smallest absolute Gasteiger partial charge is 0.306 e. The zero-order valence-electron chi connectivity index (χ0n) is 19.5. The van der Waals surface area contributed by atoms with Gasteiger partial charge in [-0.05, 0) is 36.0 Å². The number of allylic oxidation sites excluding steroid dienone is 4.